The standard InChI is InChI=1S/C9H5N5S/c1-4-5(2-10)6(3-11)7(12)9-8(4)13-15-14-9/h12H2,1H3. The van der Waals surface area contributed by atoms with Crippen molar-refractivity contribution in [3.8, 4) is 12.1 Å². The van der Waals surface area contributed by atoms with Crippen LogP contribution < -0.4 is 5.73 Å². The average Bonchev–Trinajstić information content (AvgIpc) is 2.72. The fourth-order valence-electron chi connectivity index (χ4n) is 1.43. The Morgan fingerprint density at radius 1 is 1.13 bits per heavy atom. The maximum Gasteiger partial charge on any atom is 0.129 e. The molecule has 1 aromatic carbocycles. The van der Waals surface area contributed by atoms with Crippen LogP contribution in [0.5, 0.6) is 0 Å². The van der Waals surface area contributed by atoms with Crippen LogP contribution >= 0.6 is 11.7 Å². The highest BCUT2D eigenvalue weighted by Gasteiger charge is 2.17. The number of nitriles is 2. The summed E-state index contributed by atoms with van der Waals surface area (Å²) in [6.07, 6.45) is 0. The molecule has 0 fully saturated rings. The quantitative estimate of drug-likeness (QED) is 0.668. The van der Waals surface area contributed by atoms with Crippen LogP contribution in [-0.2, 0) is 0 Å². The minimum absolute atomic E-state index is 0.190. The number of fused-ring (bicyclic) bond motifs is 1. The number of rotatable bonds is 0. The van der Waals surface area contributed by atoms with Gasteiger partial charge in [0.2, 0.25) is 0 Å². The predicted molar refractivity (Wildman–Crippen MR) is 56.0 cm³/mol. The molecule has 0 amide bonds. The Morgan fingerprint density at radius 2 is 1.73 bits per heavy atom. The van der Waals surface area contributed by atoms with Gasteiger partial charge in [-0.15, -0.1) is 0 Å². The lowest BCUT2D eigenvalue weighted by molar-refractivity contribution is 1.37. The lowest BCUT2D eigenvalue weighted by Gasteiger charge is -2.03. The molecular formula is C9H5N5S. The van der Waals surface area contributed by atoms with E-state index in [-0.39, 0.29) is 16.8 Å². The van der Waals surface area contributed by atoms with Crippen LogP contribution in [0.15, 0.2) is 0 Å². The van der Waals surface area contributed by atoms with Gasteiger partial charge in [-0.05, 0) is 12.5 Å². The van der Waals surface area contributed by atoms with Crippen molar-refractivity contribution in [1.82, 2.24) is 8.75 Å². The zero-order valence-electron chi connectivity index (χ0n) is 7.77. The lowest BCUT2D eigenvalue weighted by atomic mass is 10.00. The molecule has 0 radical (unpaired) electrons. The first-order chi connectivity index (χ1) is 7.20. The number of benzene rings is 1. The number of nitrogen functional groups attached to an aromatic ring is 1. The second-order valence-electron chi connectivity index (χ2n) is 2.97. The van der Waals surface area contributed by atoms with E-state index < -0.39 is 0 Å². The van der Waals surface area contributed by atoms with Crippen molar-refractivity contribution in [2.75, 3.05) is 5.73 Å². The van der Waals surface area contributed by atoms with Gasteiger partial charge in [0.1, 0.15) is 23.2 Å². The predicted octanol–water partition coefficient (Wildman–Crippen LogP) is 1.33. The first kappa shape index (κ1) is 9.38. The molecule has 0 aliphatic heterocycles. The Kier molecular flexibility index (Phi) is 2.00. The number of hydrogen-bond acceptors (Lipinski definition) is 6. The van der Waals surface area contributed by atoms with Crippen LogP contribution in [0.3, 0.4) is 0 Å². The van der Waals surface area contributed by atoms with Crippen molar-refractivity contribution >= 4 is 28.4 Å². The molecule has 1 aromatic heterocycles. The summed E-state index contributed by atoms with van der Waals surface area (Å²) in [4.78, 5) is 0. The molecule has 0 saturated heterocycles. The number of anilines is 1. The third-order valence-corrected chi connectivity index (χ3v) is 2.75. The molecule has 0 atom stereocenters. The van der Waals surface area contributed by atoms with E-state index in [0.29, 0.717) is 16.6 Å². The lowest BCUT2D eigenvalue weighted by Crippen LogP contribution is -1.98. The third-order valence-electron chi connectivity index (χ3n) is 2.22. The Morgan fingerprint density at radius 3 is 2.33 bits per heavy atom. The van der Waals surface area contributed by atoms with Crippen molar-refractivity contribution < 1.29 is 0 Å². The second-order valence-corrected chi connectivity index (χ2v) is 3.50. The molecule has 72 valence electrons. The molecule has 0 aliphatic rings. The summed E-state index contributed by atoms with van der Waals surface area (Å²) in [5, 5.41) is 17.9. The van der Waals surface area contributed by atoms with Gasteiger partial charge in [0, 0.05) is 0 Å². The minimum Gasteiger partial charge on any atom is -0.396 e. The van der Waals surface area contributed by atoms with Gasteiger partial charge in [0.25, 0.3) is 0 Å². The maximum atomic E-state index is 8.95. The van der Waals surface area contributed by atoms with E-state index in [9.17, 15) is 0 Å². The molecule has 2 N–H and O–H groups in total. The van der Waals surface area contributed by atoms with E-state index in [1.54, 1.807) is 6.92 Å². The zero-order chi connectivity index (χ0) is 11.0. The normalized spacial score (nSPS) is 9.80. The summed E-state index contributed by atoms with van der Waals surface area (Å²) in [6.45, 7) is 1.74. The van der Waals surface area contributed by atoms with Crippen molar-refractivity contribution in [2.24, 2.45) is 0 Å². The van der Waals surface area contributed by atoms with E-state index in [4.69, 9.17) is 16.3 Å². The topological polar surface area (TPSA) is 99.4 Å². The van der Waals surface area contributed by atoms with Crippen LogP contribution in [0.25, 0.3) is 11.0 Å². The van der Waals surface area contributed by atoms with E-state index in [1.807, 2.05) is 12.1 Å². The number of aromatic nitrogens is 2. The molecule has 5 nitrogen and oxygen atoms in total. The third kappa shape index (κ3) is 1.13. The van der Waals surface area contributed by atoms with E-state index in [1.165, 1.54) is 0 Å². The Balaban J connectivity index is 3.07. The molecule has 2 aromatic rings. The minimum atomic E-state index is 0.190. The van der Waals surface area contributed by atoms with E-state index in [2.05, 4.69) is 8.75 Å². The highest BCUT2D eigenvalue weighted by Crippen LogP contribution is 2.29. The number of nitrogens with zero attached hydrogens (tertiary/aromatic N) is 4. The Hall–Kier alpha value is -2.18. The number of nitrogens with two attached hydrogens (primary N) is 1. The van der Waals surface area contributed by atoms with Crippen LogP contribution in [0.2, 0.25) is 0 Å². The fraction of sp³-hybridized carbons (Fsp3) is 0.111. The summed E-state index contributed by atoms with van der Waals surface area (Å²) in [6, 6.07) is 3.90. The molecule has 0 saturated carbocycles. The molecule has 6 heteroatoms. The first-order valence-electron chi connectivity index (χ1n) is 4.05. The molecule has 0 bridgehead atoms. The van der Waals surface area contributed by atoms with Gasteiger partial charge in [-0.25, -0.2) is 0 Å². The summed E-state index contributed by atoms with van der Waals surface area (Å²) in [5.74, 6) is 0. The number of hydrogen-bond donors (Lipinski definition) is 1. The zero-order valence-corrected chi connectivity index (χ0v) is 8.59. The Labute approximate surface area is 89.7 Å². The van der Waals surface area contributed by atoms with Gasteiger partial charge in [-0.2, -0.15) is 19.3 Å². The van der Waals surface area contributed by atoms with Crippen LogP contribution in [0, 0.1) is 29.6 Å². The smallest absolute Gasteiger partial charge is 0.129 e. The average molecular weight is 215 g/mol. The molecule has 1 heterocycles. The first-order valence-corrected chi connectivity index (χ1v) is 4.78. The SMILES string of the molecule is Cc1c(C#N)c(C#N)c(N)c2nsnc12. The van der Waals surface area contributed by atoms with Crippen molar-refractivity contribution in [3.05, 3.63) is 16.7 Å². The van der Waals surface area contributed by atoms with Gasteiger partial charge in [0.05, 0.1) is 28.5 Å². The highest BCUT2D eigenvalue weighted by atomic mass is 32.1. The van der Waals surface area contributed by atoms with Crippen molar-refractivity contribution in [3.63, 3.8) is 0 Å². The van der Waals surface area contributed by atoms with Gasteiger partial charge in [-0.3, -0.25) is 0 Å². The second kappa shape index (κ2) is 3.19. The van der Waals surface area contributed by atoms with E-state index in [0.717, 1.165) is 11.7 Å². The number of aryl methyl sites for hydroxylation is 1. The highest BCUT2D eigenvalue weighted by molar-refractivity contribution is 7.00. The maximum absolute atomic E-state index is 8.95. The van der Waals surface area contributed by atoms with E-state index >= 15 is 0 Å². The Bertz CT molecular complexity index is 574. The summed E-state index contributed by atoms with van der Waals surface area (Å²) >= 11 is 1.02. The van der Waals surface area contributed by atoms with Gasteiger partial charge >= 0.3 is 0 Å². The largest absolute Gasteiger partial charge is 0.396 e. The molecule has 0 aliphatic carbocycles. The molecule has 0 spiro atoms. The monoisotopic (exact) mass is 215 g/mol. The van der Waals surface area contributed by atoms with Crippen LogP contribution in [0.4, 0.5) is 5.69 Å². The molecule has 15 heavy (non-hydrogen) atoms. The summed E-state index contributed by atoms with van der Waals surface area (Å²) in [7, 11) is 0. The van der Waals surface area contributed by atoms with Crippen molar-refractivity contribution in [2.45, 2.75) is 6.92 Å². The molecular weight excluding hydrogens is 210 g/mol. The fourth-order valence-corrected chi connectivity index (χ4v) is 2.04. The van der Waals surface area contributed by atoms with Gasteiger partial charge in [0.15, 0.2) is 0 Å². The van der Waals surface area contributed by atoms with Gasteiger partial charge < -0.3 is 5.73 Å². The van der Waals surface area contributed by atoms with Gasteiger partial charge in [-0.1, -0.05) is 0 Å². The molecule has 2 rings (SSSR count). The van der Waals surface area contributed by atoms with Crippen molar-refractivity contribution in [1.29, 1.82) is 10.5 Å². The van der Waals surface area contributed by atoms with Crippen LogP contribution in [-0.4, -0.2) is 8.75 Å². The summed E-state index contributed by atoms with van der Waals surface area (Å²) < 4.78 is 8.06. The summed E-state index contributed by atoms with van der Waals surface area (Å²) in [5.41, 5.74) is 8.24. The molecule has 0 unspecified atom stereocenters. The van der Waals surface area contributed by atoms with Crippen LogP contribution in [0.1, 0.15) is 16.7 Å².